The Hall–Kier alpha value is -2.74. The molecule has 0 atom stereocenters. The number of hydrogen-bond acceptors (Lipinski definition) is 8. The number of carbonyl (C=O) groups is 2. The Balaban J connectivity index is 1.99. The fourth-order valence-electron chi connectivity index (χ4n) is 1.63. The van der Waals surface area contributed by atoms with Crippen LogP contribution in [0.3, 0.4) is 0 Å². The predicted octanol–water partition coefficient (Wildman–Crippen LogP) is 2.17. The highest BCUT2D eigenvalue weighted by Gasteiger charge is 2.32. The van der Waals surface area contributed by atoms with Crippen molar-refractivity contribution in [2.24, 2.45) is 5.16 Å². The molecular weight excluding hydrogens is 330 g/mol. The summed E-state index contributed by atoms with van der Waals surface area (Å²) in [5.74, 6) is -0.599. The maximum absolute atomic E-state index is 12.1. The normalized spacial score (nSPS) is 11.8. The Kier molecular flexibility index (Phi) is 5.64. The Morgan fingerprint density at radius 2 is 2.08 bits per heavy atom. The number of benzene rings is 1. The minimum Gasteiger partial charge on any atom is -0.458 e. The molecule has 1 aromatic heterocycles. The lowest BCUT2D eigenvalue weighted by Gasteiger charge is -2.20. The van der Waals surface area contributed by atoms with Crippen LogP contribution < -0.4 is 5.73 Å². The van der Waals surface area contributed by atoms with E-state index in [1.807, 2.05) is 30.3 Å². The van der Waals surface area contributed by atoms with E-state index in [1.165, 1.54) is 25.2 Å². The van der Waals surface area contributed by atoms with Gasteiger partial charge in [-0.05, 0) is 19.4 Å². The zero-order valence-corrected chi connectivity index (χ0v) is 14.1. The van der Waals surface area contributed by atoms with Crippen LogP contribution in [0.4, 0.5) is 5.13 Å². The Morgan fingerprint density at radius 3 is 2.67 bits per heavy atom. The van der Waals surface area contributed by atoms with Crippen LogP contribution in [-0.4, -0.2) is 28.6 Å². The van der Waals surface area contributed by atoms with Gasteiger partial charge in [0.25, 0.3) is 0 Å². The second-order valence-corrected chi connectivity index (χ2v) is 6.22. The zero-order chi connectivity index (χ0) is 17.6. The third-order valence-electron chi connectivity index (χ3n) is 2.97. The fourth-order valence-corrected chi connectivity index (χ4v) is 2.19. The second kappa shape index (κ2) is 7.69. The first-order valence-electron chi connectivity index (χ1n) is 7.06. The lowest BCUT2D eigenvalue weighted by Crippen LogP contribution is -2.35. The highest BCUT2D eigenvalue weighted by molar-refractivity contribution is 7.13. The summed E-state index contributed by atoms with van der Waals surface area (Å²) in [6.07, 6.45) is 0.486. The van der Waals surface area contributed by atoms with E-state index in [0.717, 1.165) is 5.56 Å². The van der Waals surface area contributed by atoms with Crippen LogP contribution in [-0.2, 0) is 25.8 Å². The maximum atomic E-state index is 12.1. The average Bonchev–Trinajstić information content (AvgIpc) is 3.00. The van der Waals surface area contributed by atoms with Gasteiger partial charge in [-0.15, -0.1) is 11.3 Å². The molecule has 0 bridgehead atoms. The van der Waals surface area contributed by atoms with Crippen LogP contribution in [0.15, 0.2) is 40.9 Å². The molecule has 0 aliphatic carbocycles. The molecule has 126 valence electrons. The standard InChI is InChI=1S/C16H17N3O4S/c1-16(2,14(21)22-9-11-6-4-3-5-7-11)23-19-12(8-20)13-10-24-15(17)18-13/h3-8,10H,9H2,1-2H3,(H2,17,18). The molecule has 2 rings (SSSR count). The van der Waals surface area contributed by atoms with Gasteiger partial charge in [0.2, 0.25) is 5.60 Å². The van der Waals surface area contributed by atoms with Crippen molar-refractivity contribution in [1.29, 1.82) is 0 Å². The van der Waals surface area contributed by atoms with Gasteiger partial charge in [-0.2, -0.15) is 0 Å². The molecule has 1 aromatic carbocycles. The second-order valence-electron chi connectivity index (χ2n) is 5.33. The molecule has 0 spiro atoms. The van der Waals surface area contributed by atoms with Crippen LogP contribution in [0.25, 0.3) is 0 Å². The molecule has 0 amide bonds. The predicted molar refractivity (Wildman–Crippen MR) is 90.5 cm³/mol. The molecule has 24 heavy (non-hydrogen) atoms. The number of anilines is 1. The van der Waals surface area contributed by atoms with E-state index in [9.17, 15) is 9.59 Å². The van der Waals surface area contributed by atoms with E-state index in [4.69, 9.17) is 15.3 Å². The molecular formula is C16H17N3O4S. The monoisotopic (exact) mass is 347 g/mol. The number of esters is 1. The van der Waals surface area contributed by atoms with E-state index in [-0.39, 0.29) is 12.3 Å². The third kappa shape index (κ3) is 4.63. The summed E-state index contributed by atoms with van der Waals surface area (Å²) >= 11 is 1.17. The number of nitrogen functional groups attached to an aromatic ring is 1. The topological polar surface area (TPSA) is 104 Å². The van der Waals surface area contributed by atoms with Gasteiger partial charge < -0.3 is 15.3 Å². The largest absolute Gasteiger partial charge is 0.458 e. The summed E-state index contributed by atoms with van der Waals surface area (Å²) in [6, 6.07) is 9.27. The Morgan fingerprint density at radius 1 is 1.38 bits per heavy atom. The summed E-state index contributed by atoms with van der Waals surface area (Å²) in [6.45, 7) is 3.13. The van der Waals surface area contributed by atoms with Gasteiger partial charge in [-0.3, -0.25) is 4.79 Å². The van der Waals surface area contributed by atoms with Crippen LogP contribution in [0.5, 0.6) is 0 Å². The van der Waals surface area contributed by atoms with Crippen molar-refractivity contribution in [1.82, 2.24) is 4.98 Å². The van der Waals surface area contributed by atoms with Crippen LogP contribution in [0, 0.1) is 0 Å². The van der Waals surface area contributed by atoms with Gasteiger partial charge in [0.1, 0.15) is 12.3 Å². The summed E-state index contributed by atoms with van der Waals surface area (Å²) in [5, 5.41) is 5.59. The Labute approximate surface area is 143 Å². The van der Waals surface area contributed by atoms with Crippen molar-refractivity contribution in [3.05, 3.63) is 47.0 Å². The minimum absolute atomic E-state index is 0.0492. The van der Waals surface area contributed by atoms with Gasteiger partial charge in [0.05, 0.1) is 0 Å². The van der Waals surface area contributed by atoms with Crippen molar-refractivity contribution < 1.29 is 19.2 Å². The highest BCUT2D eigenvalue weighted by atomic mass is 32.1. The first-order valence-corrected chi connectivity index (χ1v) is 7.94. The number of oxime groups is 1. The van der Waals surface area contributed by atoms with Gasteiger partial charge in [0, 0.05) is 5.38 Å². The van der Waals surface area contributed by atoms with Crippen molar-refractivity contribution in [3.8, 4) is 0 Å². The fraction of sp³-hybridized carbons (Fsp3) is 0.250. The number of nitrogens with two attached hydrogens (primary N) is 1. The zero-order valence-electron chi connectivity index (χ0n) is 13.3. The van der Waals surface area contributed by atoms with Crippen LogP contribution in [0.1, 0.15) is 25.1 Å². The number of carbonyl (C=O) groups excluding carboxylic acids is 2. The number of nitrogens with zero attached hydrogens (tertiary/aromatic N) is 2. The number of aromatic nitrogens is 1. The molecule has 0 saturated carbocycles. The number of rotatable bonds is 7. The molecule has 2 N–H and O–H groups in total. The number of ether oxygens (including phenoxy) is 1. The molecule has 0 saturated heterocycles. The third-order valence-corrected chi connectivity index (χ3v) is 3.65. The van der Waals surface area contributed by atoms with E-state index < -0.39 is 11.6 Å². The lowest BCUT2D eigenvalue weighted by molar-refractivity contribution is -0.169. The van der Waals surface area contributed by atoms with Gasteiger partial charge in [-0.1, -0.05) is 35.5 Å². The quantitative estimate of drug-likeness (QED) is 0.356. The van der Waals surface area contributed by atoms with Gasteiger partial charge >= 0.3 is 5.97 Å². The van der Waals surface area contributed by atoms with Gasteiger partial charge in [-0.25, -0.2) is 9.78 Å². The summed E-state index contributed by atoms with van der Waals surface area (Å²) in [5.41, 5.74) is 5.26. The molecule has 1 heterocycles. The first-order chi connectivity index (χ1) is 11.4. The molecule has 0 aliphatic heterocycles. The van der Waals surface area contributed by atoms with Crippen molar-refractivity contribution in [2.75, 3.05) is 5.73 Å². The van der Waals surface area contributed by atoms with Crippen molar-refractivity contribution in [2.45, 2.75) is 26.1 Å². The lowest BCUT2D eigenvalue weighted by atomic mass is 10.1. The number of aldehydes is 1. The molecule has 0 aliphatic rings. The molecule has 0 unspecified atom stereocenters. The number of thiazole rings is 1. The minimum atomic E-state index is -1.36. The van der Waals surface area contributed by atoms with E-state index in [1.54, 1.807) is 5.38 Å². The molecule has 8 heteroatoms. The summed E-state index contributed by atoms with van der Waals surface area (Å²) in [7, 11) is 0. The van der Waals surface area contributed by atoms with E-state index in [0.29, 0.717) is 17.1 Å². The van der Waals surface area contributed by atoms with Crippen molar-refractivity contribution in [3.63, 3.8) is 0 Å². The van der Waals surface area contributed by atoms with Crippen molar-refractivity contribution >= 4 is 34.4 Å². The highest BCUT2D eigenvalue weighted by Crippen LogP contribution is 2.16. The summed E-state index contributed by atoms with van der Waals surface area (Å²) < 4.78 is 5.21. The SMILES string of the molecule is CC(C)(ON=C(C=O)c1csc(N)n1)C(=O)OCc1ccccc1. The van der Waals surface area contributed by atoms with Gasteiger partial charge in [0.15, 0.2) is 17.1 Å². The smallest absolute Gasteiger partial charge is 0.353 e. The average molecular weight is 347 g/mol. The Bertz CT molecular complexity index is 741. The van der Waals surface area contributed by atoms with Crippen LogP contribution in [0.2, 0.25) is 0 Å². The molecule has 7 nitrogen and oxygen atoms in total. The van der Waals surface area contributed by atoms with E-state index >= 15 is 0 Å². The molecule has 0 fully saturated rings. The first kappa shape index (κ1) is 17.6. The summed E-state index contributed by atoms with van der Waals surface area (Å²) in [4.78, 5) is 32.4. The number of hydrogen-bond donors (Lipinski definition) is 1. The molecule has 2 aromatic rings. The van der Waals surface area contributed by atoms with Crippen LogP contribution >= 0.6 is 11.3 Å². The maximum Gasteiger partial charge on any atom is 0.353 e. The molecule has 0 radical (unpaired) electrons. The van der Waals surface area contributed by atoms with E-state index in [2.05, 4.69) is 10.1 Å².